The van der Waals surface area contributed by atoms with E-state index in [0.29, 0.717) is 5.82 Å². The van der Waals surface area contributed by atoms with Crippen molar-refractivity contribution in [3.8, 4) is 6.07 Å². The number of hydrogen-bond acceptors (Lipinski definition) is 4. The first kappa shape index (κ1) is 9.66. The minimum atomic E-state index is -0.0128. The fourth-order valence-corrected chi connectivity index (χ4v) is 1.66. The zero-order valence-electron chi connectivity index (χ0n) is 8.35. The summed E-state index contributed by atoms with van der Waals surface area (Å²) in [6.07, 6.45) is 4.61. The third kappa shape index (κ3) is 2.32. The maximum absolute atomic E-state index is 8.86. The molecule has 0 bridgehead atoms. The molecule has 1 aliphatic carbocycles. The van der Waals surface area contributed by atoms with Gasteiger partial charge in [-0.2, -0.15) is 10.4 Å². The highest BCUT2D eigenvalue weighted by atomic mass is 15.3. The van der Waals surface area contributed by atoms with Gasteiger partial charge in [-0.05, 0) is 31.4 Å². The van der Waals surface area contributed by atoms with E-state index in [2.05, 4.69) is 21.6 Å². The van der Waals surface area contributed by atoms with Crippen molar-refractivity contribution < 1.29 is 0 Å². The molecule has 0 saturated heterocycles. The average molecular weight is 200 g/mol. The van der Waals surface area contributed by atoms with Gasteiger partial charge in [-0.3, -0.25) is 5.43 Å². The molecule has 1 N–H and O–H groups in total. The Bertz CT molecular complexity index is 391. The molecule has 1 heterocycles. The lowest BCUT2D eigenvalue weighted by molar-refractivity contribution is 0.795. The van der Waals surface area contributed by atoms with E-state index in [1.165, 1.54) is 0 Å². The molecule has 2 rings (SSSR count). The van der Waals surface area contributed by atoms with Crippen molar-refractivity contribution >= 4 is 11.5 Å². The van der Waals surface area contributed by atoms with Crippen LogP contribution in [-0.4, -0.2) is 10.7 Å². The summed E-state index contributed by atoms with van der Waals surface area (Å²) in [6.45, 7) is 0. The van der Waals surface area contributed by atoms with E-state index in [1.807, 2.05) is 18.2 Å². The summed E-state index contributed by atoms with van der Waals surface area (Å²) in [5, 5.41) is 13.1. The molecule has 0 amide bonds. The highest BCUT2D eigenvalue weighted by Crippen LogP contribution is 2.21. The molecule has 1 aromatic heterocycles. The van der Waals surface area contributed by atoms with Crippen molar-refractivity contribution in [1.29, 1.82) is 5.26 Å². The first-order valence-electron chi connectivity index (χ1n) is 5.03. The SMILES string of the molecule is N#CC1CCCC1=NNc1ccccn1. The van der Waals surface area contributed by atoms with E-state index in [1.54, 1.807) is 6.20 Å². The van der Waals surface area contributed by atoms with Gasteiger partial charge in [0.25, 0.3) is 0 Å². The molecule has 0 aromatic carbocycles. The molecular weight excluding hydrogens is 188 g/mol. The fraction of sp³-hybridized carbons (Fsp3) is 0.364. The molecule has 1 saturated carbocycles. The topological polar surface area (TPSA) is 61.1 Å². The molecule has 4 nitrogen and oxygen atoms in total. The largest absolute Gasteiger partial charge is 0.261 e. The quantitative estimate of drug-likeness (QED) is 0.744. The normalized spacial score (nSPS) is 22.6. The van der Waals surface area contributed by atoms with Gasteiger partial charge in [0.2, 0.25) is 0 Å². The number of rotatable bonds is 2. The zero-order chi connectivity index (χ0) is 10.5. The summed E-state index contributed by atoms with van der Waals surface area (Å²) in [6, 6.07) is 7.85. The Hall–Kier alpha value is -1.89. The van der Waals surface area contributed by atoms with Crippen molar-refractivity contribution in [3.05, 3.63) is 24.4 Å². The Labute approximate surface area is 88.6 Å². The van der Waals surface area contributed by atoms with Crippen LogP contribution in [0.1, 0.15) is 19.3 Å². The molecule has 0 spiro atoms. The van der Waals surface area contributed by atoms with E-state index in [-0.39, 0.29) is 5.92 Å². The van der Waals surface area contributed by atoms with Crippen LogP contribution in [-0.2, 0) is 0 Å². The first-order valence-corrected chi connectivity index (χ1v) is 5.03. The summed E-state index contributed by atoms with van der Waals surface area (Å²) in [7, 11) is 0. The van der Waals surface area contributed by atoms with Crippen LogP contribution in [0.2, 0.25) is 0 Å². The second-order valence-electron chi connectivity index (χ2n) is 3.50. The summed E-state index contributed by atoms with van der Waals surface area (Å²) in [4.78, 5) is 4.09. The molecule has 0 radical (unpaired) electrons. The molecule has 1 aliphatic rings. The first-order chi connectivity index (χ1) is 7.40. The Balaban J connectivity index is 2.03. The van der Waals surface area contributed by atoms with Crippen molar-refractivity contribution in [2.75, 3.05) is 5.43 Å². The predicted molar refractivity (Wildman–Crippen MR) is 58.2 cm³/mol. The average Bonchev–Trinajstić information content (AvgIpc) is 2.75. The highest BCUT2D eigenvalue weighted by molar-refractivity contribution is 5.91. The lowest BCUT2D eigenvalue weighted by Crippen LogP contribution is -2.07. The van der Waals surface area contributed by atoms with Gasteiger partial charge in [-0.15, -0.1) is 0 Å². The number of aromatic nitrogens is 1. The van der Waals surface area contributed by atoms with Gasteiger partial charge in [0.05, 0.1) is 17.7 Å². The Morgan fingerprint density at radius 3 is 3.20 bits per heavy atom. The van der Waals surface area contributed by atoms with Gasteiger partial charge in [0.1, 0.15) is 5.82 Å². The number of hydrazone groups is 1. The number of nitriles is 1. The summed E-state index contributed by atoms with van der Waals surface area (Å²) < 4.78 is 0. The third-order valence-corrected chi connectivity index (χ3v) is 2.46. The van der Waals surface area contributed by atoms with Crippen LogP contribution in [0.25, 0.3) is 0 Å². The van der Waals surface area contributed by atoms with Crippen LogP contribution in [0.3, 0.4) is 0 Å². The monoisotopic (exact) mass is 200 g/mol. The third-order valence-electron chi connectivity index (χ3n) is 2.46. The van der Waals surface area contributed by atoms with Gasteiger partial charge in [0, 0.05) is 6.20 Å². The van der Waals surface area contributed by atoms with Crippen molar-refractivity contribution in [2.24, 2.45) is 11.0 Å². The molecule has 15 heavy (non-hydrogen) atoms. The highest BCUT2D eigenvalue weighted by Gasteiger charge is 2.21. The summed E-state index contributed by atoms with van der Waals surface area (Å²) in [5.41, 5.74) is 3.82. The molecule has 0 aliphatic heterocycles. The second kappa shape index (κ2) is 4.56. The molecule has 4 heteroatoms. The van der Waals surface area contributed by atoms with Gasteiger partial charge >= 0.3 is 0 Å². The Kier molecular flexibility index (Phi) is 2.93. The van der Waals surface area contributed by atoms with Gasteiger partial charge in [-0.1, -0.05) is 6.07 Å². The van der Waals surface area contributed by atoms with Crippen LogP contribution < -0.4 is 5.43 Å². The zero-order valence-corrected chi connectivity index (χ0v) is 8.35. The summed E-state index contributed by atoms with van der Waals surface area (Å²) in [5.74, 6) is 0.704. The molecule has 76 valence electrons. The lowest BCUT2D eigenvalue weighted by atomic mass is 10.1. The predicted octanol–water partition coefficient (Wildman–Crippen LogP) is 2.17. The van der Waals surface area contributed by atoms with Crippen LogP contribution in [0.15, 0.2) is 29.5 Å². The standard InChI is InChI=1S/C11H12N4/c12-8-9-4-3-5-10(9)14-15-11-6-1-2-7-13-11/h1-2,6-7,9H,3-5H2,(H,13,15). The molecule has 1 atom stereocenters. The van der Waals surface area contributed by atoms with Crippen molar-refractivity contribution in [1.82, 2.24) is 4.98 Å². The Morgan fingerprint density at radius 1 is 1.53 bits per heavy atom. The number of hydrogen-bond donors (Lipinski definition) is 1. The Morgan fingerprint density at radius 2 is 2.47 bits per heavy atom. The summed E-state index contributed by atoms with van der Waals surface area (Å²) >= 11 is 0. The van der Waals surface area contributed by atoms with Gasteiger partial charge in [-0.25, -0.2) is 4.98 Å². The van der Waals surface area contributed by atoms with Crippen LogP contribution in [0.5, 0.6) is 0 Å². The second-order valence-corrected chi connectivity index (χ2v) is 3.50. The molecule has 1 fully saturated rings. The van der Waals surface area contributed by atoms with E-state index < -0.39 is 0 Å². The fourth-order valence-electron chi connectivity index (χ4n) is 1.66. The smallest absolute Gasteiger partial charge is 0.146 e. The van der Waals surface area contributed by atoms with Gasteiger partial charge < -0.3 is 0 Å². The number of anilines is 1. The van der Waals surface area contributed by atoms with Crippen molar-refractivity contribution in [3.63, 3.8) is 0 Å². The minimum absolute atomic E-state index is 0.0128. The maximum atomic E-state index is 8.86. The molecular formula is C11H12N4. The van der Waals surface area contributed by atoms with E-state index >= 15 is 0 Å². The molecule has 1 aromatic rings. The van der Waals surface area contributed by atoms with E-state index in [0.717, 1.165) is 25.0 Å². The van der Waals surface area contributed by atoms with Crippen molar-refractivity contribution in [2.45, 2.75) is 19.3 Å². The number of nitrogens with zero attached hydrogens (tertiary/aromatic N) is 3. The van der Waals surface area contributed by atoms with E-state index in [4.69, 9.17) is 5.26 Å². The number of pyridine rings is 1. The van der Waals surface area contributed by atoms with Gasteiger partial charge in [0.15, 0.2) is 0 Å². The van der Waals surface area contributed by atoms with Crippen LogP contribution in [0.4, 0.5) is 5.82 Å². The van der Waals surface area contributed by atoms with Crippen LogP contribution >= 0.6 is 0 Å². The van der Waals surface area contributed by atoms with E-state index in [9.17, 15) is 0 Å². The lowest BCUT2D eigenvalue weighted by Gasteiger charge is -2.02. The number of nitrogens with one attached hydrogen (secondary N) is 1. The molecule has 1 unspecified atom stereocenters. The van der Waals surface area contributed by atoms with Crippen LogP contribution in [0, 0.1) is 17.2 Å². The maximum Gasteiger partial charge on any atom is 0.146 e. The minimum Gasteiger partial charge on any atom is -0.261 e.